The smallest absolute Gasteiger partial charge is 0.335 e. The predicted octanol–water partition coefficient (Wildman–Crippen LogP) is 2.97. The van der Waals surface area contributed by atoms with Gasteiger partial charge in [0.15, 0.2) is 0 Å². The quantitative estimate of drug-likeness (QED) is 0.737. The van der Waals surface area contributed by atoms with Gasteiger partial charge in [0.2, 0.25) is 0 Å². The zero-order chi connectivity index (χ0) is 10.6. The van der Waals surface area contributed by atoms with Crippen molar-refractivity contribution in [3.05, 3.63) is 54.6 Å². The van der Waals surface area contributed by atoms with E-state index in [2.05, 4.69) is 13.2 Å². The molecule has 0 aliphatic heterocycles. The molecule has 0 saturated heterocycles. The van der Waals surface area contributed by atoms with Crippen LogP contribution in [0.5, 0.6) is 0 Å². The summed E-state index contributed by atoms with van der Waals surface area (Å²) in [6, 6.07) is 6.67. The molecule has 0 atom stereocenters. The second kappa shape index (κ2) is 4.42. The van der Waals surface area contributed by atoms with Gasteiger partial charge in [0.25, 0.3) is 0 Å². The standard InChI is InChI=1S/C12H12O2/c1-3-4-9(2)10-5-7-11(8-6-10)12(13)14/h3,5-8H,1-2,4H2,(H,13,14). The molecule has 1 aromatic rings. The van der Waals surface area contributed by atoms with Crippen LogP contribution in [0, 0.1) is 0 Å². The fraction of sp³-hybridized carbons (Fsp3) is 0.0833. The molecule has 2 nitrogen and oxygen atoms in total. The Labute approximate surface area is 83.2 Å². The van der Waals surface area contributed by atoms with Crippen LogP contribution >= 0.6 is 0 Å². The van der Waals surface area contributed by atoms with E-state index in [1.165, 1.54) is 0 Å². The van der Waals surface area contributed by atoms with Crippen molar-refractivity contribution in [2.24, 2.45) is 0 Å². The molecule has 0 saturated carbocycles. The van der Waals surface area contributed by atoms with Crippen molar-refractivity contribution >= 4 is 11.5 Å². The van der Waals surface area contributed by atoms with Gasteiger partial charge in [-0.3, -0.25) is 0 Å². The molecule has 0 radical (unpaired) electrons. The summed E-state index contributed by atoms with van der Waals surface area (Å²) < 4.78 is 0. The summed E-state index contributed by atoms with van der Waals surface area (Å²) >= 11 is 0. The van der Waals surface area contributed by atoms with E-state index in [1.807, 2.05) is 0 Å². The van der Waals surface area contributed by atoms with Crippen LogP contribution in [0.2, 0.25) is 0 Å². The maximum Gasteiger partial charge on any atom is 0.335 e. The number of allylic oxidation sites excluding steroid dienone is 2. The number of carboxylic acids is 1. The highest BCUT2D eigenvalue weighted by atomic mass is 16.4. The molecule has 0 heterocycles. The van der Waals surface area contributed by atoms with Crippen LogP contribution in [0.25, 0.3) is 5.57 Å². The minimum atomic E-state index is -0.911. The monoisotopic (exact) mass is 188 g/mol. The van der Waals surface area contributed by atoms with E-state index in [0.29, 0.717) is 12.0 Å². The van der Waals surface area contributed by atoms with Crippen LogP contribution in [-0.4, -0.2) is 11.1 Å². The Bertz CT molecular complexity index is 360. The van der Waals surface area contributed by atoms with Crippen LogP contribution in [0.1, 0.15) is 22.3 Å². The van der Waals surface area contributed by atoms with Gasteiger partial charge in [-0.1, -0.05) is 24.8 Å². The fourth-order valence-corrected chi connectivity index (χ4v) is 1.14. The topological polar surface area (TPSA) is 37.3 Å². The number of carbonyl (C=O) groups is 1. The lowest BCUT2D eigenvalue weighted by atomic mass is 10.0. The fourth-order valence-electron chi connectivity index (χ4n) is 1.14. The zero-order valence-electron chi connectivity index (χ0n) is 7.86. The number of carboxylic acid groups (broad SMARTS) is 1. The lowest BCUT2D eigenvalue weighted by Crippen LogP contribution is -1.95. The highest BCUT2D eigenvalue weighted by molar-refractivity contribution is 5.88. The van der Waals surface area contributed by atoms with Crippen molar-refractivity contribution in [3.8, 4) is 0 Å². The van der Waals surface area contributed by atoms with Gasteiger partial charge in [-0.05, 0) is 29.7 Å². The highest BCUT2D eigenvalue weighted by Crippen LogP contribution is 2.16. The van der Waals surface area contributed by atoms with Crippen LogP contribution in [-0.2, 0) is 0 Å². The summed E-state index contributed by atoms with van der Waals surface area (Å²) in [5, 5.41) is 8.68. The third-order valence-electron chi connectivity index (χ3n) is 1.93. The maximum absolute atomic E-state index is 10.6. The maximum atomic E-state index is 10.6. The summed E-state index contributed by atoms with van der Waals surface area (Å²) in [6.45, 7) is 7.49. The van der Waals surface area contributed by atoms with Gasteiger partial charge in [-0.2, -0.15) is 0 Å². The van der Waals surface area contributed by atoms with Crippen molar-refractivity contribution in [1.82, 2.24) is 0 Å². The molecule has 1 N–H and O–H groups in total. The summed E-state index contributed by atoms with van der Waals surface area (Å²) in [6.07, 6.45) is 2.49. The van der Waals surface area contributed by atoms with Gasteiger partial charge < -0.3 is 5.11 Å². The van der Waals surface area contributed by atoms with Crippen LogP contribution in [0.4, 0.5) is 0 Å². The molecule has 2 heteroatoms. The Balaban J connectivity index is 2.88. The minimum absolute atomic E-state index is 0.292. The van der Waals surface area contributed by atoms with E-state index in [1.54, 1.807) is 30.3 Å². The third kappa shape index (κ3) is 2.33. The molecule has 0 spiro atoms. The van der Waals surface area contributed by atoms with Gasteiger partial charge in [0, 0.05) is 0 Å². The lowest BCUT2D eigenvalue weighted by molar-refractivity contribution is 0.0697. The van der Waals surface area contributed by atoms with Crippen molar-refractivity contribution in [3.63, 3.8) is 0 Å². The minimum Gasteiger partial charge on any atom is -0.478 e. The van der Waals surface area contributed by atoms with Crippen LogP contribution in [0.15, 0.2) is 43.5 Å². The molecule has 0 amide bonds. The van der Waals surface area contributed by atoms with E-state index in [9.17, 15) is 4.79 Å². The molecule has 0 unspecified atom stereocenters. The number of hydrogen-bond donors (Lipinski definition) is 1. The Hall–Kier alpha value is -1.83. The molecule has 1 aromatic carbocycles. The first-order valence-corrected chi connectivity index (χ1v) is 4.27. The molecule has 0 aromatic heterocycles. The van der Waals surface area contributed by atoms with Gasteiger partial charge >= 0.3 is 5.97 Å². The van der Waals surface area contributed by atoms with Gasteiger partial charge in [0.1, 0.15) is 0 Å². The largest absolute Gasteiger partial charge is 0.478 e. The molecule has 0 aliphatic carbocycles. The second-order valence-corrected chi connectivity index (χ2v) is 2.98. The van der Waals surface area contributed by atoms with Gasteiger partial charge in [0.05, 0.1) is 5.56 Å². The summed E-state index contributed by atoms with van der Waals surface area (Å²) in [5.74, 6) is -0.911. The van der Waals surface area contributed by atoms with E-state index >= 15 is 0 Å². The van der Waals surface area contributed by atoms with Crippen molar-refractivity contribution in [2.45, 2.75) is 6.42 Å². The first-order chi connectivity index (χ1) is 6.65. The van der Waals surface area contributed by atoms with Crippen molar-refractivity contribution in [2.75, 3.05) is 0 Å². The Morgan fingerprint density at radius 2 is 1.79 bits per heavy atom. The average Bonchev–Trinajstić information content (AvgIpc) is 2.18. The molecule has 14 heavy (non-hydrogen) atoms. The Morgan fingerprint density at radius 3 is 2.21 bits per heavy atom. The molecule has 1 rings (SSSR count). The Morgan fingerprint density at radius 1 is 1.29 bits per heavy atom. The molecule has 0 aliphatic rings. The molecule has 72 valence electrons. The first-order valence-electron chi connectivity index (χ1n) is 4.27. The second-order valence-electron chi connectivity index (χ2n) is 2.98. The predicted molar refractivity (Wildman–Crippen MR) is 57.2 cm³/mol. The van der Waals surface area contributed by atoms with E-state index < -0.39 is 5.97 Å². The van der Waals surface area contributed by atoms with Crippen molar-refractivity contribution < 1.29 is 9.90 Å². The molecular formula is C12H12O2. The molecular weight excluding hydrogens is 176 g/mol. The van der Waals surface area contributed by atoms with Gasteiger partial charge in [-0.15, -0.1) is 6.58 Å². The number of hydrogen-bond acceptors (Lipinski definition) is 1. The SMILES string of the molecule is C=CCC(=C)c1ccc(C(=O)O)cc1. The number of rotatable bonds is 4. The average molecular weight is 188 g/mol. The zero-order valence-corrected chi connectivity index (χ0v) is 7.86. The summed E-state index contributed by atoms with van der Waals surface area (Å²) in [7, 11) is 0. The first kappa shape index (κ1) is 10.3. The van der Waals surface area contributed by atoms with E-state index in [0.717, 1.165) is 11.1 Å². The van der Waals surface area contributed by atoms with E-state index in [-0.39, 0.29) is 0 Å². The molecule has 0 fully saturated rings. The van der Waals surface area contributed by atoms with Crippen LogP contribution in [0.3, 0.4) is 0 Å². The number of benzene rings is 1. The van der Waals surface area contributed by atoms with Crippen molar-refractivity contribution in [1.29, 1.82) is 0 Å². The summed E-state index contributed by atoms with van der Waals surface area (Å²) in [4.78, 5) is 10.6. The normalized spacial score (nSPS) is 9.43. The van der Waals surface area contributed by atoms with Crippen LogP contribution < -0.4 is 0 Å². The number of aromatic carboxylic acids is 1. The summed E-state index contributed by atoms with van der Waals surface area (Å²) in [5.41, 5.74) is 2.19. The van der Waals surface area contributed by atoms with E-state index in [4.69, 9.17) is 5.11 Å². The lowest BCUT2D eigenvalue weighted by Gasteiger charge is -2.02. The Kier molecular flexibility index (Phi) is 3.24. The van der Waals surface area contributed by atoms with Gasteiger partial charge in [-0.25, -0.2) is 4.79 Å². The highest BCUT2D eigenvalue weighted by Gasteiger charge is 2.02. The molecule has 0 bridgehead atoms. The third-order valence-corrected chi connectivity index (χ3v) is 1.93.